The molecule has 2 N–H and O–H groups in total. The number of carboxylic acid groups (broad SMARTS) is 1. The molecule has 0 bridgehead atoms. The van der Waals surface area contributed by atoms with Crippen LogP contribution in [0.25, 0.3) is 0 Å². The van der Waals surface area contributed by atoms with E-state index < -0.39 is 11.8 Å². The molecule has 17 heavy (non-hydrogen) atoms. The van der Waals surface area contributed by atoms with Gasteiger partial charge >= 0.3 is 5.97 Å². The summed E-state index contributed by atoms with van der Waals surface area (Å²) in [6.45, 7) is 0. The standard InChI is InChI=1S/C10H8FN3O2S/c1-17-10(13-5-12)14-8-4-6(11)2-3-7(8)9(15)16/h2-4H,1H3,(H,13,14)(H,15,16). The molecular formula is C10H8FN3O2S. The Hall–Kier alpha value is -2.07. The third-order valence-electron chi connectivity index (χ3n) is 1.77. The van der Waals surface area contributed by atoms with Crippen molar-refractivity contribution in [2.75, 3.05) is 6.26 Å². The Balaban J connectivity index is 3.24. The van der Waals surface area contributed by atoms with Crippen molar-refractivity contribution in [2.24, 2.45) is 4.99 Å². The van der Waals surface area contributed by atoms with Crippen molar-refractivity contribution in [3.05, 3.63) is 29.6 Å². The number of amidine groups is 1. The molecule has 0 fully saturated rings. The summed E-state index contributed by atoms with van der Waals surface area (Å²) < 4.78 is 13.0. The molecule has 0 aliphatic rings. The maximum atomic E-state index is 13.0. The normalized spacial score (nSPS) is 10.8. The molecular weight excluding hydrogens is 245 g/mol. The van der Waals surface area contributed by atoms with Gasteiger partial charge in [-0.3, -0.25) is 5.32 Å². The van der Waals surface area contributed by atoms with Crippen LogP contribution in [-0.4, -0.2) is 22.5 Å². The van der Waals surface area contributed by atoms with Crippen LogP contribution in [0.1, 0.15) is 10.4 Å². The second-order valence-corrected chi connectivity index (χ2v) is 3.62. The Labute approximate surface area is 101 Å². The summed E-state index contributed by atoms with van der Waals surface area (Å²) in [6.07, 6.45) is 3.32. The van der Waals surface area contributed by atoms with E-state index in [4.69, 9.17) is 10.4 Å². The van der Waals surface area contributed by atoms with Crippen LogP contribution in [0, 0.1) is 17.3 Å². The molecule has 0 radical (unpaired) electrons. The number of thioether (sulfide) groups is 1. The fourth-order valence-corrected chi connectivity index (χ4v) is 1.40. The van der Waals surface area contributed by atoms with E-state index >= 15 is 0 Å². The van der Waals surface area contributed by atoms with E-state index in [0.717, 1.165) is 30.0 Å². The van der Waals surface area contributed by atoms with E-state index in [2.05, 4.69) is 10.3 Å². The quantitative estimate of drug-likeness (QED) is 0.364. The van der Waals surface area contributed by atoms with Gasteiger partial charge < -0.3 is 5.11 Å². The van der Waals surface area contributed by atoms with Gasteiger partial charge in [0.2, 0.25) is 0 Å². The predicted octanol–water partition coefficient (Wildman–Crippen LogP) is 1.95. The van der Waals surface area contributed by atoms with Crippen LogP contribution in [0.2, 0.25) is 0 Å². The van der Waals surface area contributed by atoms with Crippen LogP contribution in [0.4, 0.5) is 10.1 Å². The Morgan fingerprint density at radius 1 is 1.65 bits per heavy atom. The van der Waals surface area contributed by atoms with Crippen LogP contribution in [-0.2, 0) is 0 Å². The molecule has 1 rings (SSSR count). The minimum Gasteiger partial charge on any atom is -0.478 e. The highest BCUT2D eigenvalue weighted by molar-refractivity contribution is 8.13. The molecule has 1 aromatic carbocycles. The maximum Gasteiger partial charge on any atom is 0.337 e. The molecule has 88 valence electrons. The van der Waals surface area contributed by atoms with Gasteiger partial charge in [0.1, 0.15) is 5.82 Å². The number of hydrogen-bond donors (Lipinski definition) is 2. The van der Waals surface area contributed by atoms with Gasteiger partial charge in [-0.05, 0) is 18.4 Å². The number of nitriles is 1. The summed E-state index contributed by atoms with van der Waals surface area (Å²) in [6, 6.07) is 3.17. The van der Waals surface area contributed by atoms with Crippen LogP contribution in [0.15, 0.2) is 23.2 Å². The molecule has 0 heterocycles. The number of aliphatic imine (C=N–C) groups is 1. The zero-order chi connectivity index (χ0) is 12.8. The molecule has 0 spiro atoms. The van der Waals surface area contributed by atoms with Crippen LogP contribution in [0.5, 0.6) is 0 Å². The number of hydrogen-bond acceptors (Lipinski definition) is 4. The summed E-state index contributed by atoms with van der Waals surface area (Å²) in [5.74, 6) is -1.80. The Morgan fingerprint density at radius 3 is 2.88 bits per heavy atom. The number of benzene rings is 1. The lowest BCUT2D eigenvalue weighted by atomic mass is 10.2. The fraction of sp³-hybridized carbons (Fsp3) is 0.100. The van der Waals surface area contributed by atoms with Crippen molar-refractivity contribution in [1.82, 2.24) is 5.32 Å². The molecule has 0 aliphatic carbocycles. The average Bonchev–Trinajstić information content (AvgIpc) is 2.28. The van der Waals surface area contributed by atoms with Crippen LogP contribution >= 0.6 is 11.8 Å². The fourth-order valence-electron chi connectivity index (χ4n) is 1.06. The molecule has 0 amide bonds. The number of rotatable bonds is 2. The van der Waals surface area contributed by atoms with Gasteiger partial charge in [0.25, 0.3) is 0 Å². The van der Waals surface area contributed by atoms with Crippen molar-refractivity contribution >= 4 is 28.6 Å². The first kappa shape index (κ1) is 13.0. The summed E-state index contributed by atoms with van der Waals surface area (Å²) >= 11 is 1.12. The molecule has 0 atom stereocenters. The van der Waals surface area contributed by atoms with Gasteiger partial charge in [0.15, 0.2) is 11.4 Å². The van der Waals surface area contributed by atoms with Gasteiger partial charge in [-0.25, -0.2) is 14.2 Å². The molecule has 1 aromatic rings. The first-order chi connectivity index (χ1) is 8.08. The van der Waals surface area contributed by atoms with Crippen LogP contribution in [0.3, 0.4) is 0 Å². The molecule has 0 unspecified atom stereocenters. The van der Waals surface area contributed by atoms with Gasteiger partial charge in [-0.1, -0.05) is 11.8 Å². The van der Waals surface area contributed by atoms with E-state index in [1.807, 2.05) is 0 Å². The predicted molar refractivity (Wildman–Crippen MR) is 62.7 cm³/mol. The highest BCUT2D eigenvalue weighted by Gasteiger charge is 2.11. The van der Waals surface area contributed by atoms with Gasteiger partial charge in [-0.15, -0.1) is 0 Å². The van der Waals surface area contributed by atoms with Gasteiger partial charge in [-0.2, -0.15) is 5.26 Å². The second kappa shape index (κ2) is 5.86. The van der Waals surface area contributed by atoms with Gasteiger partial charge in [0.05, 0.1) is 11.3 Å². The summed E-state index contributed by atoms with van der Waals surface area (Å²) in [7, 11) is 0. The third kappa shape index (κ3) is 3.46. The van der Waals surface area contributed by atoms with E-state index in [1.54, 1.807) is 12.4 Å². The average molecular weight is 253 g/mol. The smallest absolute Gasteiger partial charge is 0.337 e. The number of nitrogens with zero attached hydrogens (tertiary/aromatic N) is 2. The number of aromatic carboxylic acids is 1. The highest BCUT2D eigenvalue weighted by atomic mass is 32.2. The molecule has 0 saturated carbocycles. The largest absolute Gasteiger partial charge is 0.478 e. The van der Waals surface area contributed by atoms with E-state index in [0.29, 0.717) is 0 Å². The zero-order valence-corrected chi connectivity index (χ0v) is 9.58. The van der Waals surface area contributed by atoms with Crippen LogP contribution < -0.4 is 5.32 Å². The summed E-state index contributed by atoms with van der Waals surface area (Å²) in [4.78, 5) is 14.8. The third-order valence-corrected chi connectivity index (χ3v) is 2.35. The SMILES string of the molecule is CSC(=Nc1cc(F)ccc1C(=O)O)NC#N. The Kier molecular flexibility index (Phi) is 4.48. The van der Waals surface area contributed by atoms with E-state index in [-0.39, 0.29) is 16.4 Å². The minimum absolute atomic E-state index is 0.0374. The monoisotopic (exact) mass is 253 g/mol. The number of nitrogens with one attached hydrogen (secondary N) is 1. The van der Waals surface area contributed by atoms with E-state index in [9.17, 15) is 9.18 Å². The molecule has 0 saturated heterocycles. The topological polar surface area (TPSA) is 85.5 Å². The van der Waals surface area contributed by atoms with E-state index in [1.165, 1.54) is 0 Å². The number of halogens is 1. The Bertz CT molecular complexity index is 511. The number of carbonyl (C=O) groups is 1. The molecule has 5 nitrogen and oxygen atoms in total. The zero-order valence-electron chi connectivity index (χ0n) is 8.77. The van der Waals surface area contributed by atoms with Gasteiger partial charge in [0, 0.05) is 6.07 Å². The first-order valence-corrected chi connectivity index (χ1v) is 5.61. The maximum absolute atomic E-state index is 13.0. The Morgan fingerprint density at radius 2 is 2.35 bits per heavy atom. The molecule has 0 aromatic heterocycles. The number of carboxylic acids is 1. The van der Waals surface area contributed by atoms with Crippen molar-refractivity contribution in [2.45, 2.75) is 0 Å². The summed E-state index contributed by atoms with van der Waals surface area (Å²) in [5, 5.41) is 19.8. The molecule has 0 aliphatic heterocycles. The highest BCUT2D eigenvalue weighted by Crippen LogP contribution is 2.21. The van der Waals surface area contributed by atoms with Crippen molar-refractivity contribution in [1.29, 1.82) is 5.26 Å². The molecule has 7 heteroatoms. The summed E-state index contributed by atoms with van der Waals surface area (Å²) in [5.41, 5.74) is -0.165. The lowest BCUT2D eigenvalue weighted by Crippen LogP contribution is -2.13. The van der Waals surface area contributed by atoms with Crippen molar-refractivity contribution < 1.29 is 14.3 Å². The van der Waals surface area contributed by atoms with Crippen molar-refractivity contribution in [3.63, 3.8) is 0 Å². The van der Waals surface area contributed by atoms with Crippen molar-refractivity contribution in [3.8, 4) is 6.19 Å². The lowest BCUT2D eigenvalue weighted by Gasteiger charge is -2.03. The lowest BCUT2D eigenvalue weighted by molar-refractivity contribution is 0.0698. The minimum atomic E-state index is -1.21. The first-order valence-electron chi connectivity index (χ1n) is 4.39. The second-order valence-electron chi connectivity index (χ2n) is 2.82.